The van der Waals surface area contributed by atoms with Crippen molar-refractivity contribution >= 4 is 17.3 Å². The molecule has 2 rings (SSSR count). The molecule has 0 spiro atoms. The van der Waals surface area contributed by atoms with Gasteiger partial charge in [0.2, 0.25) is 0 Å². The molecule has 2 N–H and O–H groups in total. The van der Waals surface area contributed by atoms with Gasteiger partial charge in [0.15, 0.2) is 0 Å². The van der Waals surface area contributed by atoms with Crippen LogP contribution in [0.4, 0.5) is 5.69 Å². The fraction of sp³-hybridized carbons (Fsp3) is 0.500. The summed E-state index contributed by atoms with van der Waals surface area (Å²) in [7, 11) is 0. The zero-order valence-corrected chi connectivity index (χ0v) is 9.63. The van der Waals surface area contributed by atoms with E-state index in [0.29, 0.717) is 6.54 Å². The molecule has 1 fully saturated rings. The summed E-state index contributed by atoms with van der Waals surface area (Å²) in [5.41, 5.74) is 8.11. The van der Waals surface area contributed by atoms with Gasteiger partial charge in [-0.25, -0.2) is 0 Å². The van der Waals surface area contributed by atoms with Crippen molar-refractivity contribution < 1.29 is 0 Å². The molecule has 0 radical (unpaired) electrons. The summed E-state index contributed by atoms with van der Waals surface area (Å²) in [4.78, 5) is 2.38. The number of hydrogen-bond acceptors (Lipinski definition) is 2. The van der Waals surface area contributed by atoms with Crippen LogP contribution in [0.1, 0.15) is 18.4 Å². The molecule has 0 aliphatic carbocycles. The van der Waals surface area contributed by atoms with E-state index in [0.717, 1.165) is 24.5 Å². The number of hydrogen-bond donors (Lipinski definition) is 1. The molecule has 0 atom stereocenters. The zero-order chi connectivity index (χ0) is 10.7. The highest BCUT2D eigenvalue weighted by Gasteiger charge is 2.17. The van der Waals surface area contributed by atoms with E-state index in [4.69, 9.17) is 17.3 Å². The van der Waals surface area contributed by atoms with Crippen molar-refractivity contribution in [1.82, 2.24) is 0 Å². The van der Waals surface area contributed by atoms with Crippen LogP contribution in [0.2, 0.25) is 5.02 Å². The highest BCUT2D eigenvalue weighted by molar-refractivity contribution is 6.33. The van der Waals surface area contributed by atoms with E-state index in [1.807, 2.05) is 12.1 Å². The minimum Gasteiger partial charge on any atom is -0.370 e. The number of para-hydroxylation sites is 1. The highest BCUT2D eigenvalue weighted by atomic mass is 35.5. The van der Waals surface area contributed by atoms with Crippen LogP contribution < -0.4 is 10.6 Å². The number of benzene rings is 1. The van der Waals surface area contributed by atoms with Crippen molar-refractivity contribution in [2.75, 3.05) is 24.5 Å². The molecule has 0 amide bonds. The predicted molar refractivity (Wildman–Crippen MR) is 65.7 cm³/mol. The molecule has 15 heavy (non-hydrogen) atoms. The molecule has 0 unspecified atom stereocenters. The summed E-state index contributed by atoms with van der Waals surface area (Å²) in [6.07, 6.45) is 3.45. The van der Waals surface area contributed by atoms with Gasteiger partial charge in [-0.1, -0.05) is 23.7 Å². The van der Waals surface area contributed by atoms with Crippen LogP contribution in [0, 0.1) is 0 Å². The quantitative estimate of drug-likeness (QED) is 0.855. The molecule has 1 aromatic rings. The maximum atomic E-state index is 6.26. The second-order valence-corrected chi connectivity index (χ2v) is 4.39. The van der Waals surface area contributed by atoms with Crippen LogP contribution >= 0.6 is 11.6 Å². The molecular formula is C12H17ClN2. The van der Waals surface area contributed by atoms with Gasteiger partial charge in [-0.15, -0.1) is 0 Å². The molecule has 1 heterocycles. The fourth-order valence-corrected chi connectivity index (χ4v) is 2.53. The summed E-state index contributed by atoms with van der Waals surface area (Å²) in [6, 6.07) is 6.11. The molecule has 1 aliphatic heterocycles. The number of anilines is 1. The first kappa shape index (κ1) is 10.8. The van der Waals surface area contributed by atoms with Gasteiger partial charge >= 0.3 is 0 Å². The summed E-state index contributed by atoms with van der Waals surface area (Å²) in [6.45, 7) is 2.93. The Hall–Kier alpha value is -0.730. The first-order valence-electron chi connectivity index (χ1n) is 5.55. The van der Waals surface area contributed by atoms with Crippen LogP contribution in [0.5, 0.6) is 0 Å². The second-order valence-electron chi connectivity index (χ2n) is 3.98. The molecule has 1 aliphatic rings. The Morgan fingerprint density at radius 1 is 1.27 bits per heavy atom. The van der Waals surface area contributed by atoms with Gasteiger partial charge in [0.25, 0.3) is 0 Å². The van der Waals surface area contributed by atoms with Crippen LogP contribution in [0.15, 0.2) is 18.2 Å². The number of rotatable bonds is 3. The molecule has 3 heteroatoms. The first-order chi connectivity index (χ1) is 7.33. The fourth-order valence-electron chi connectivity index (χ4n) is 2.21. The maximum absolute atomic E-state index is 6.26. The lowest BCUT2D eigenvalue weighted by Crippen LogP contribution is -2.20. The van der Waals surface area contributed by atoms with E-state index < -0.39 is 0 Å². The van der Waals surface area contributed by atoms with Crippen molar-refractivity contribution in [1.29, 1.82) is 0 Å². The lowest BCUT2D eigenvalue weighted by Gasteiger charge is -2.22. The molecular weight excluding hydrogens is 208 g/mol. The van der Waals surface area contributed by atoms with Gasteiger partial charge in [0, 0.05) is 13.1 Å². The Kier molecular flexibility index (Phi) is 3.49. The highest BCUT2D eigenvalue weighted by Crippen LogP contribution is 2.32. The largest absolute Gasteiger partial charge is 0.370 e. The van der Waals surface area contributed by atoms with Crippen molar-refractivity contribution in [3.8, 4) is 0 Å². The monoisotopic (exact) mass is 224 g/mol. The number of halogens is 1. The van der Waals surface area contributed by atoms with Gasteiger partial charge < -0.3 is 10.6 Å². The lowest BCUT2D eigenvalue weighted by atomic mass is 10.1. The molecule has 0 aromatic heterocycles. The molecule has 0 saturated carbocycles. The third-order valence-corrected chi connectivity index (χ3v) is 3.21. The molecule has 1 saturated heterocycles. The summed E-state index contributed by atoms with van der Waals surface area (Å²) in [5.74, 6) is 0. The zero-order valence-electron chi connectivity index (χ0n) is 8.88. The molecule has 1 aromatic carbocycles. The van der Waals surface area contributed by atoms with E-state index in [1.54, 1.807) is 0 Å². The Bertz CT molecular complexity index is 332. The van der Waals surface area contributed by atoms with Gasteiger partial charge in [0.05, 0.1) is 10.7 Å². The average molecular weight is 225 g/mol. The minimum absolute atomic E-state index is 0.682. The van der Waals surface area contributed by atoms with E-state index in [-0.39, 0.29) is 0 Å². The molecule has 0 bridgehead atoms. The van der Waals surface area contributed by atoms with E-state index in [2.05, 4.69) is 11.0 Å². The van der Waals surface area contributed by atoms with Crippen LogP contribution in [0.3, 0.4) is 0 Å². The van der Waals surface area contributed by atoms with Crippen LogP contribution in [-0.4, -0.2) is 19.6 Å². The Labute approximate surface area is 96.0 Å². The Morgan fingerprint density at radius 3 is 2.67 bits per heavy atom. The lowest BCUT2D eigenvalue weighted by molar-refractivity contribution is 0.918. The van der Waals surface area contributed by atoms with Crippen molar-refractivity contribution in [3.05, 3.63) is 28.8 Å². The average Bonchev–Trinajstić information content (AvgIpc) is 2.71. The van der Waals surface area contributed by atoms with Gasteiger partial charge in [0.1, 0.15) is 0 Å². The molecule has 2 nitrogen and oxygen atoms in total. The van der Waals surface area contributed by atoms with E-state index in [1.165, 1.54) is 24.1 Å². The third-order valence-electron chi connectivity index (χ3n) is 2.91. The number of nitrogens with zero attached hydrogens (tertiary/aromatic N) is 1. The number of nitrogens with two attached hydrogens (primary N) is 1. The van der Waals surface area contributed by atoms with Crippen molar-refractivity contribution in [3.63, 3.8) is 0 Å². The summed E-state index contributed by atoms with van der Waals surface area (Å²) >= 11 is 6.26. The van der Waals surface area contributed by atoms with Gasteiger partial charge in [-0.2, -0.15) is 0 Å². The predicted octanol–water partition coefficient (Wildman–Crippen LogP) is 2.44. The SMILES string of the molecule is NCCc1cccc(Cl)c1N1CCCC1. The standard InChI is InChI=1S/C12H17ClN2/c13-11-5-3-4-10(6-7-14)12(11)15-8-1-2-9-15/h3-5H,1-2,6-9,14H2. The maximum Gasteiger partial charge on any atom is 0.0642 e. The third kappa shape index (κ3) is 2.27. The smallest absolute Gasteiger partial charge is 0.0642 e. The minimum atomic E-state index is 0.682. The Balaban J connectivity index is 2.32. The van der Waals surface area contributed by atoms with E-state index in [9.17, 15) is 0 Å². The second kappa shape index (κ2) is 4.86. The molecule has 82 valence electrons. The summed E-state index contributed by atoms with van der Waals surface area (Å²) < 4.78 is 0. The van der Waals surface area contributed by atoms with E-state index >= 15 is 0 Å². The topological polar surface area (TPSA) is 29.3 Å². The van der Waals surface area contributed by atoms with Crippen LogP contribution in [0.25, 0.3) is 0 Å². The van der Waals surface area contributed by atoms with Gasteiger partial charge in [-0.05, 0) is 37.4 Å². The van der Waals surface area contributed by atoms with Crippen molar-refractivity contribution in [2.24, 2.45) is 5.73 Å². The van der Waals surface area contributed by atoms with Crippen molar-refractivity contribution in [2.45, 2.75) is 19.3 Å². The Morgan fingerprint density at radius 2 is 2.00 bits per heavy atom. The van der Waals surface area contributed by atoms with Crippen LogP contribution in [-0.2, 0) is 6.42 Å². The normalized spacial score (nSPS) is 16.0. The summed E-state index contributed by atoms with van der Waals surface area (Å²) in [5, 5.41) is 0.864. The van der Waals surface area contributed by atoms with Gasteiger partial charge in [-0.3, -0.25) is 0 Å². The first-order valence-corrected chi connectivity index (χ1v) is 5.93.